The van der Waals surface area contributed by atoms with Gasteiger partial charge in [-0.05, 0) is 37.3 Å². The van der Waals surface area contributed by atoms with E-state index in [4.69, 9.17) is 11.6 Å². The van der Waals surface area contributed by atoms with Crippen LogP contribution in [-0.2, 0) is 0 Å². The van der Waals surface area contributed by atoms with Gasteiger partial charge in [0.2, 0.25) is 0 Å². The zero-order valence-corrected chi connectivity index (χ0v) is 12.6. The number of rotatable bonds is 1. The molecule has 0 radical (unpaired) electrons. The fourth-order valence-electron chi connectivity index (χ4n) is 1.73. The van der Waals surface area contributed by atoms with Gasteiger partial charge in [-0.25, -0.2) is 9.97 Å². The summed E-state index contributed by atoms with van der Waals surface area (Å²) in [5.41, 5.74) is 0.852. The number of halogens is 2. The fraction of sp³-hybridized carbons (Fsp3) is 0.0769. The Bertz CT molecular complexity index is 739. The molecule has 0 fully saturated rings. The first-order chi connectivity index (χ1) is 8.63. The summed E-state index contributed by atoms with van der Waals surface area (Å²) in [5.74, 6) is 0.684. The lowest BCUT2D eigenvalue weighted by Crippen LogP contribution is -1.90. The number of hydrogen-bond acceptors (Lipinski definition) is 3. The molecular formula is C13H8BrClN2S. The molecule has 0 aliphatic carbocycles. The molecule has 0 aliphatic rings. The molecule has 18 heavy (non-hydrogen) atoms. The van der Waals surface area contributed by atoms with Crippen molar-refractivity contribution in [2.45, 2.75) is 6.92 Å². The molecule has 0 saturated carbocycles. The third-order valence-electron chi connectivity index (χ3n) is 2.57. The van der Waals surface area contributed by atoms with Crippen molar-refractivity contribution in [1.82, 2.24) is 9.97 Å². The topological polar surface area (TPSA) is 25.8 Å². The van der Waals surface area contributed by atoms with Crippen LogP contribution in [0.3, 0.4) is 0 Å². The van der Waals surface area contributed by atoms with Gasteiger partial charge < -0.3 is 0 Å². The standard InChI is InChI=1S/C13H8BrClN2S/c1-7-2-5-11(18-7)13-16-10-6-8(14)3-4-9(10)12(15)17-13/h2-6H,1H3. The number of aryl methyl sites for hydroxylation is 1. The molecule has 90 valence electrons. The van der Waals surface area contributed by atoms with Crippen LogP contribution in [-0.4, -0.2) is 9.97 Å². The number of nitrogens with zero attached hydrogens (tertiary/aromatic N) is 2. The highest BCUT2D eigenvalue weighted by Gasteiger charge is 2.09. The molecular weight excluding hydrogens is 332 g/mol. The number of aromatic nitrogens is 2. The highest BCUT2D eigenvalue weighted by atomic mass is 79.9. The van der Waals surface area contributed by atoms with Gasteiger partial charge in [0.25, 0.3) is 0 Å². The monoisotopic (exact) mass is 338 g/mol. The van der Waals surface area contributed by atoms with E-state index in [0.717, 1.165) is 20.3 Å². The minimum absolute atomic E-state index is 0.494. The maximum Gasteiger partial charge on any atom is 0.171 e. The van der Waals surface area contributed by atoms with Crippen LogP contribution in [0.5, 0.6) is 0 Å². The maximum atomic E-state index is 6.21. The summed E-state index contributed by atoms with van der Waals surface area (Å²) >= 11 is 11.3. The van der Waals surface area contributed by atoms with Crippen LogP contribution < -0.4 is 0 Å². The third-order valence-corrected chi connectivity index (χ3v) is 4.35. The normalized spacial score (nSPS) is 11.1. The number of thiophene rings is 1. The first-order valence-electron chi connectivity index (χ1n) is 5.33. The van der Waals surface area contributed by atoms with Crippen LogP contribution in [0.15, 0.2) is 34.8 Å². The SMILES string of the molecule is Cc1ccc(-c2nc(Cl)c3ccc(Br)cc3n2)s1. The van der Waals surface area contributed by atoms with Crippen molar-refractivity contribution < 1.29 is 0 Å². The molecule has 0 atom stereocenters. The van der Waals surface area contributed by atoms with E-state index in [1.807, 2.05) is 24.3 Å². The van der Waals surface area contributed by atoms with Gasteiger partial charge in [-0.2, -0.15) is 0 Å². The van der Waals surface area contributed by atoms with Crippen molar-refractivity contribution in [1.29, 1.82) is 0 Å². The summed E-state index contributed by atoms with van der Waals surface area (Å²) in [6, 6.07) is 9.89. The molecule has 1 aromatic carbocycles. The molecule has 2 aromatic heterocycles. The second kappa shape index (κ2) is 4.61. The quantitative estimate of drug-likeness (QED) is 0.578. The average molecular weight is 340 g/mol. The van der Waals surface area contributed by atoms with Crippen LogP contribution in [0.25, 0.3) is 21.6 Å². The molecule has 0 bridgehead atoms. The minimum atomic E-state index is 0.494. The Labute approximate surface area is 122 Å². The lowest BCUT2D eigenvalue weighted by Gasteiger charge is -2.03. The summed E-state index contributed by atoms with van der Waals surface area (Å²) in [6.07, 6.45) is 0. The van der Waals surface area contributed by atoms with Crippen molar-refractivity contribution in [2.24, 2.45) is 0 Å². The Morgan fingerprint density at radius 1 is 1.17 bits per heavy atom. The van der Waals surface area contributed by atoms with Crippen molar-refractivity contribution in [3.8, 4) is 10.7 Å². The van der Waals surface area contributed by atoms with Gasteiger partial charge in [0.05, 0.1) is 10.4 Å². The van der Waals surface area contributed by atoms with Crippen molar-refractivity contribution >= 4 is 49.8 Å². The molecule has 0 saturated heterocycles. The van der Waals surface area contributed by atoms with Crippen LogP contribution in [0.4, 0.5) is 0 Å². The lowest BCUT2D eigenvalue weighted by molar-refractivity contribution is 1.24. The van der Waals surface area contributed by atoms with Crippen molar-refractivity contribution in [3.63, 3.8) is 0 Å². The molecule has 3 rings (SSSR count). The molecule has 2 nitrogen and oxygen atoms in total. The highest BCUT2D eigenvalue weighted by molar-refractivity contribution is 9.10. The van der Waals surface area contributed by atoms with Crippen LogP contribution in [0.2, 0.25) is 5.15 Å². The van der Waals surface area contributed by atoms with E-state index in [1.165, 1.54) is 4.88 Å². The van der Waals surface area contributed by atoms with E-state index in [-0.39, 0.29) is 0 Å². The molecule has 5 heteroatoms. The van der Waals surface area contributed by atoms with Gasteiger partial charge in [0, 0.05) is 14.7 Å². The van der Waals surface area contributed by atoms with Crippen molar-refractivity contribution in [2.75, 3.05) is 0 Å². The van der Waals surface area contributed by atoms with Gasteiger partial charge in [-0.15, -0.1) is 11.3 Å². The van der Waals surface area contributed by atoms with E-state index in [0.29, 0.717) is 11.0 Å². The predicted octanol–water partition coefficient (Wildman–Crippen LogP) is 5.08. The molecule has 3 aromatic rings. The smallest absolute Gasteiger partial charge is 0.171 e. The van der Waals surface area contributed by atoms with E-state index in [2.05, 4.69) is 38.9 Å². The van der Waals surface area contributed by atoms with E-state index < -0.39 is 0 Å². The zero-order valence-electron chi connectivity index (χ0n) is 9.45. The maximum absolute atomic E-state index is 6.21. The second-order valence-corrected chi connectivity index (χ2v) is 6.47. The van der Waals surface area contributed by atoms with E-state index in [9.17, 15) is 0 Å². The molecule has 0 amide bonds. The molecule has 0 unspecified atom stereocenters. The molecule has 2 heterocycles. The highest BCUT2D eigenvalue weighted by Crippen LogP contribution is 2.30. The van der Waals surface area contributed by atoms with Crippen LogP contribution >= 0.6 is 38.9 Å². The average Bonchev–Trinajstić information content (AvgIpc) is 2.75. The number of hydrogen-bond donors (Lipinski definition) is 0. The van der Waals surface area contributed by atoms with Crippen molar-refractivity contribution in [3.05, 3.63) is 44.8 Å². The largest absolute Gasteiger partial charge is 0.227 e. The van der Waals surface area contributed by atoms with Gasteiger partial charge in [-0.1, -0.05) is 27.5 Å². The molecule has 0 N–H and O–H groups in total. The minimum Gasteiger partial charge on any atom is -0.227 e. The Morgan fingerprint density at radius 2 is 2.00 bits per heavy atom. The zero-order chi connectivity index (χ0) is 12.7. The van der Waals surface area contributed by atoms with Gasteiger partial charge in [-0.3, -0.25) is 0 Å². The summed E-state index contributed by atoms with van der Waals surface area (Å²) in [6.45, 7) is 2.06. The Balaban J connectivity index is 2.26. The number of benzene rings is 1. The Morgan fingerprint density at radius 3 is 2.72 bits per heavy atom. The summed E-state index contributed by atoms with van der Waals surface area (Å²) < 4.78 is 0.984. The lowest BCUT2D eigenvalue weighted by atomic mass is 10.2. The second-order valence-electron chi connectivity index (χ2n) is 3.91. The Hall–Kier alpha value is -0.970. The first-order valence-corrected chi connectivity index (χ1v) is 7.32. The summed E-state index contributed by atoms with van der Waals surface area (Å²) in [7, 11) is 0. The molecule has 0 spiro atoms. The summed E-state index contributed by atoms with van der Waals surface area (Å²) in [4.78, 5) is 11.2. The first kappa shape index (κ1) is 12.1. The van der Waals surface area contributed by atoms with Gasteiger partial charge >= 0.3 is 0 Å². The third kappa shape index (κ3) is 2.16. The van der Waals surface area contributed by atoms with Gasteiger partial charge in [0.1, 0.15) is 5.15 Å². The van der Waals surface area contributed by atoms with Crippen LogP contribution in [0.1, 0.15) is 4.88 Å². The summed E-state index contributed by atoms with van der Waals surface area (Å²) in [5, 5.41) is 1.37. The van der Waals surface area contributed by atoms with E-state index >= 15 is 0 Å². The fourth-order valence-corrected chi connectivity index (χ4v) is 3.12. The van der Waals surface area contributed by atoms with E-state index in [1.54, 1.807) is 11.3 Å². The van der Waals surface area contributed by atoms with Gasteiger partial charge in [0.15, 0.2) is 5.82 Å². The Kier molecular flexibility index (Phi) is 3.09. The van der Waals surface area contributed by atoms with Crippen LogP contribution in [0, 0.1) is 6.92 Å². The number of fused-ring (bicyclic) bond motifs is 1. The molecule has 0 aliphatic heterocycles. The predicted molar refractivity (Wildman–Crippen MR) is 80.3 cm³/mol.